The average Bonchev–Trinajstić information content (AvgIpc) is 3.00. The monoisotopic (exact) mass is 1170 g/mol. The topological polar surface area (TPSA) is 473 Å². The summed E-state index contributed by atoms with van der Waals surface area (Å²) in [6, 6.07) is -4.08. The lowest BCUT2D eigenvalue weighted by molar-refractivity contribution is -0.141. The van der Waals surface area contributed by atoms with Crippen molar-refractivity contribution in [1.29, 1.82) is 0 Å². The molecular formula is C43H62N16O17S3. The van der Waals surface area contributed by atoms with Crippen LogP contribution in [0.3, 0.4) is 0 Å². The third kappa shape index (κ3) is 19.1. The summed E-state index contributed by atoms with van der Waals surface area (Å²) in [6.45, 7) is -5.98. The van der Waals surface area contributed by atoms with Crippen LogP contribution >= 0.6 is 35.3 Å². The van der Waals surface area contributed by atoms with Gasteiger partial charge in [-0.2, -0.15) is 0 Å². The van der Waals surface area contributed by atoms with E-state index in [2.05, 4.69) is 63.8 Å². The van der Waals surface area contributed by atoms with Crippen molar-refractivity contribution < 1.29 is 81.8 Å². The lowest BCUT2D eigenvalue weighted by atomic mass is 9.71. The van der Waals surface area contributed by atoms with Crippen molar-refractivity contribution in [2.45, 2.75) is 18.1 Å². The third-order valence-corrected chi connectivity index (χ3v) is 15.8. The van der Waals surface area contributed by atoms with E-state index < -0.39 is 183 Å². The minimum Gasteiger partial charge on any atom is -0.480 e. The van der Waals surface area contributed by atoms with Crippen molar-refractivity contribution in [3.63, 3.8) is 0 Å². The third-order valence-electron chi connectivity index (χ3n) is 12.7. The van der Waals surface area contributed by atoms with Gasteiger partial charge in [0.05, 0.1) is 88.7 Å². The highest BCUT2D eigenvalue weighted by molar-refractivity contribution is 8.00. The van der Waals surface area contributed by atoms with Gasteiger partial charge in [-0.25, -0.2) is 4.79 Å². The van der Waals surface area contributed by atoms with E-state index in [1.165, 1.54) is 0 Å². The summed E-state index contributed by atoms with van der Waals surface area (Å²) in [4.78, 5) is 209. The second kappa shape index (κ2) is 29.5. The number of nitrogens with zero attached hydrogens (tertiary/aromatic N) is 3. The van der Waals surface area contributed by atoms with Gasteiger partial charge >= 0.3 is 5.97 Å². The number of carbonyl (C=O) groups is 16. The molecule has 7 aliphatic heterocycles. The lowest BCUT2D eigenvalue weighted by Gasteiger charge is -2.31. The highest BCUT2D eigenvalue weighted by atomic mass is 32.2. The number of rotatable bonds is 1. The van der Waals surface area contributed by atoms with Crippen LogP contribution in [0.1, 0.15) is 0 Å². The Morgan fingerprint density at radius 3 is 1.01 bits per heavy atom. The molecule has 0 aromatic carbocycles. The fourth-order valence-corrected chi connectivity index (χ4v) is 11.5. The van der Waals surface area contributed by atoms with E-state index in [-0.39, 0.29) is 79.7 Å². The number of hydrogen-bond donors (Lipinski definition) is 14. The fourth-order valence-electron chi connectivity index (χ4n) is 8.71. The zero-order chi connectivity index (χ0) is 57.9. The summed E-state index contributed by atoms with van der Waals surface area (Å²) in [7, 11) is 0. The van der Waals surface area contributed by atoms with Gasteiger partial charge in [0.25, 0.3) is 0 Å². The molecule has 5 atom stereocenters. The molecule has 15 amide bonds. The van der Waals surface area contributed by atoms with Gasteiger partial charge in [-0.05, 0) is 0 Å². The number of carboxylic acid groups (broad SMARTS) is 1. The Hall–Kier alpha value is -7.47. The molecule has 0 radical (unpaired) electrons. The Morgan fingerprint density at radius 2 is 0.671 bits per heavy atom. The normalized spacial score (nSPS) is 27.9. The van der Waals surface area contributed by atoms with Crippen LogP contribution in [0.5, 0.6) is 0 Å². The largest absolute Gasteiger partial charge is 0.480 e. The number of aliphatic carboxylic acids is 1. The van der Waals surface area contributed by atoms with Crippen molar-refractivity contribution in [1.82, 2.24) is 78.5 Å². The Kier molecular flexibility index (Phi) is 23.3. The number of hydrogen-bond acceptors (Lipinski definition) is 20. The summed E-state index contributed by atoms with van der Waals surface area (Å²) in [5, 5.41) is 37.0. The molecule has 7 heterocycles. The number of carbonyl (C=O) groups excluding carboxylic acids is 15. The summed E-state index contributed by atoms with van der Waals surface area (Å²) in [6.07, 6.45) is 0. The van der Waals surface area contributed by atoms with Crippen LogP contribution in [-0.4, -0.2) is 272 Å². The van der Waals surface area contributed by atoms with E-state index in [1.54, 1.807) is 14.7 Å². The summed E-state index contributed by atoms with van der Waals surface area (Å²) in [5.41, 5.74) is 4.32. The van der Waals surface area contributed by atoms with Crippen LogP contribution in [0.15, 0.2) is 0 Å². The zero-order valence-corrected chi connectivity index (χ0v) is 44.9. The molecule has 1 unspecified atom stereocenters. The Bertz CT molecular complexity index is 2430. The molecule has 7 saturated heterocycles. The van der Waals surface area contributed by atoms with Crippen LogP contribution in [0.2, 0.25) is 0 Å². The van der Waals surface area contributed by atoms with Gasteiger partial charge in [0.2, 0.25) is 88.6 Å². The first kappa shape index (κ1) is 62.4. The maximum absolute atomic E-state index is 14.0. The second-order valence-corrected chi connectivity index (χ2v) is 21.8. The van der Waals surface area contributed by atoms with Crippen LogP contribution in [0, 0.1) is 10.8 Å². The van der Waals surface area contributed by atoms with Gasteiger partial charge in [-0.3, -0.25) is 71.9 Å². The van der Waals surface area contributed by atoms with E-state index in [0.29, 0.717) is 0 Å². The Labute approximate surface area is 462 Å². The first-order chi connectivity index (χ1) is 37.5. The highest BCUT2D eigenvalue weighted by Crippen LogP contribution is 2.57. The number of thioether (sulfide) groups is 3. The van der Waals surface area contributed by atoms with Crippen LogP contribution in [0.25, 0.3) is 0 Å². The first-order valence-electron chi connectivity index (χ1n) is 24.3. The number of fused-ring (bicyclic) bond motifs is 42. The molecule has 434 valence electrons. The van der Waals surface area contributed by atoms with E-state index in [9.17, 15) is 81.8 Å². The minimum atomic E-state index is -1.49. The molecule has 33 nitrogen and oxygen atoms in total. The molecule has 0 saturated carbocycles. The number of nitrogens with two attached hydrogens (primary N) is 1. The van der Waals surface area contributed by atoms with Crippen LogP contribution in [0.4, 0.5) is 0 Å². The average molecular weight is 1170 g/mol. The van der Waals surface area contributed by atoms with Gasteiger partial charge in [-0.1, -0.05) is 0 Å². The van der Waals surface area contributed by atoms with Crippen molar-refractivity contribution >= 4 is 130 Å². The summed E-state index contributed by atoms with van der Waals surface area (Å²) >= 11 is 2.91. The van der Waals surface area contributed by atoms with Crippen LogP contribution < -0.4 is 69.5 Å². The van der Waals surface area contributed by atoms with Crippen molar-refractivity contribution in [3.05, 3.63) is 0 Å². The predicted octanol–water partition coefficient (Wildman–Crippen LogP) is -11.7. The predicted molar refractivity (Wildman–Crippen MR) is 276 cm³/mol. The molecule has 6 bridgehead atoms. The smallest absolute Gasteiger partial charge is 0.327 e. The molecule has 36 heteroatoms. The summed E-state index contributed by atoms with van der Waals surface area (Å²) < 4.78 is 0. The molecular weight excluding hydrogens is 1110 g/mol. The number of amides is 15. The standard InChI is InChI=1S/C43H62N16O17S3/c44-23-11-77-14-36(70)57-17-42-19-58-20-43(42,18-57)22-59(21-42)38(72)16-79-13-25(41(75)76)56-35(69)10-52-31(65)6-48-27(61)2-46-29(63)4-50-33(67)8-54-40(74)24(12-78-15-37(58)71)55-34(68)9-51-30(64)5-47-26(60)1-45-28(62)3-49-32(66)7-53-39(23)73/h23-25H,1-22,44H2,(H,45,62)(H,46,63)(H,47,60)(H,48,61)(H,49,66)(H,50,67)(H,51,64)(H,52,65)(H,53,73)(H,54,74)(H,55,68)(H,56,69)(H,75,76)/t23-,24-,25-,42+,43?/m0/s1. The quantitative estimate of drug-likeness (QED) is 0.108. The van der Waals surface area contributed by atoms with E-state index in [0.717, 1.165) is 35.3 Å². The maximum atomic E-state index is 14.0. The van der Waals surface area contributed by atoms with Crippen molar-refractivity contribution in [2.75, 3.05) is 139 Å². The molecule has 7 fully saturated rings. The molecule has 0 aromatic rings. The van der Waals surface area contributed by atoms with Gasteiger partial charge in [0, 0.05) is 67.4 Å². The van der Waals surface area contributed by atoms with Crippen molar-refractivity contribution in [3.8, 4) is 0 Å². The molecule has 2 spiro atoms. The van der Waals surface area contributed by atoms with Gasteiger partial charge in [0.1, 0.15) is 12.1 Å². The Morgan fingerprint density at radius 1 is 0.392 bits per heavy atom. The maximum Gasteiger partial charge on any atom is 0.327 e. The fraction of sp³-hybridized carbons (Fsp3) is 0.628. The molecule has 0 aromatic heterocycles. The van der Waals surface area contributed by atoms with Gasteiger partial charge in [-0.15, -0.1) is 35.3 Å². The molecule has 7 aliphatic rings. The molecule has 7 rings (SSSR count). The molecule has 0 aliphatic carbocycles. The van der Waals surface area contributed by atoms with E-state index in [4.69, 9.17) is 5.73 Å². The summed E-state index contributed by atoms with van der Waals surface area (Å²) in [5.74, 6) is -13.9. The molecule has 15 N–H and O–H groups in total. The van der Waals surface area contributed by atoms with E-state index in [1.807, 2.05) is 0 Å². The second-order valence-electron chi connectivity index (χ2n) is 18.7. The zero-order valence-electron chi connectivity index (χ0n) is 42.4. The lowest BCUT2D eigenvalue weighted by Crippen LogP contribution is -2.53. The molecule has 79 heavy (non-hydrogen) atoms. The van der Waals surface area contributed by atoms with Crippen LogP contribution in [-0.2, 0) is 76.7 Å². The van der Waals surface area contributed by atoms with E-state index >= 15 is 0 Å². The SMILES string of the molecule is N[C@H]1CSCC(=O)N2CC34CN5C[C@]3(CN(C4)C(=O)CSC[C@H](NC(=O)CNC(=O)CNC(=O)CNC(=O)CNC(=O)CNC1=O)C(=O)NCC(=O)NCC(=O)NCC(=O)NCC(=O)NCC(=O)N[C@H](C(=O)O)CSCC5=O)C2. The van der Waals surface area contributed by atoms with Gasteiger partial charge in [0.15, 0.2) is 0 Å². The van der Waals surface area contributed by atoms with Gasteiger partial charge < -0.3 is 89.3 Å². The first-order valence-corrected chi connectivity index (χ1v) is 27.8. The number of carboxylic acids is 1. The Balaban J connectivity index is 1.35. The number of nitrogens with one attached hydrogen (secondary N) is 12. The minimum absolute atomic E-state index is 0.0409. The van der Waals surface area contributed by atoms with Crippen molar-refractivity contribution in [2.24, 2.45) is 16.6 Å². The highest BCUT2D eigenvalue weighted by Gasteiger charge is 2.69.